The second-order valence-electron chi connectivity index (χ2n) is 8.74. The van der Waals surface area contributed by atoms with Gasteiger partial charge in [-0.3, -0.25) is 14.5 Å². The molecule has 2 aliphatic rings. The molecular formula is C28H29N3O2. The molecule has 0 radical (unpaired) electrons. The van der Waals surface area contributed by atoms with Crippen LogP contribution in [0.4, 0.5) is 5.69 Å². The Balaban J connectivity index is 1.29. The number of hydrogen-bond acceptors (Lipinski definition) is 3. The standard InChI is InChI=1S/C28H29N3O2/c32-27(28(33)31-17-9-15-22-10-7-8-16-25(22)31)30-20-18-29(19-21-30)26(23-11-3-1-4-12-23)24-13-5-2-6-14-24/h1-8,10-14,16,26H,9,15,17-21H2. The Morgan fingerprint density at radius 3 is 1.85 bits per heavy atom. The first-order chi connectivity index (χ1) is 16.2. The number of carbonyl (C=O) groups excluding carboxylic acids is 2. The summed E-state index contributed by atoms with van der Waals surface area (Å²) in [6.07, 6.45) is 1.84. The van der Waals surface area contributed by atoms with Gasteiger partial charge in [0.05, 0.1) is 6.04 Å². The van der Waals surface area contributed by atoms with Crippen molar-refractivity contribution in [1.82, 2.24) is 9.80 Å². The monoisotopic (exact) mass is 439 g/mol. The molecule has 168 valence electrons. The summed E-state index contributed by atoms with van der Waals surface area (Å²) in [5, 5.41) is 0. The lowest BCUT2D eigenvalue weighted by atomic mass is 9.96. The van der Waals surface area contributed by atoms with Crippen LogP contribution in [0.2, 0.25) is 0 Å². The van der Waals surface area contributed by atoms with Gasteiger partial charge in [-0.05, 0) is 35.6 Å². The van der Waals surface area contributed by atoms with Gasteiger partial charge in [-0.15, -0.1) is 0 Å². The maximum absolute atomic E-state index is 13.1. The first-order valence-corrected chi connectivity index (χ1v) is 11.7. The SMILES string of the molecule is O=C(C(=O)N1CCCc2ccccc21)N1CCN(C(c2ccccc2)c2ccccc2)CC1. The number of para-hydroxylation sites is 1. The van der Waals surface area contributed by atoms with Crippen molar-refractivity contribution in [2.75, 3.05) is 37.6 Å². The van der Waals surface area contributed by atoms with Crippen LogP contribution in [0.15, 0.2) is 84.9 Å². The molecule has 0 aliphatic carbocycles. The number of fused-ring (bicyclic) bond motifs is 1. The van der Waals surface area contributed by atoms with Crippen molar-refractivity contribution in [3.8, 4) is 0 Å². The lowest BCUT2D eigenvalue weighted by Gasteiger charge is -2.40. The molecule has 2 aliphatic heterocycles. The smallest absolute Gasteiger partial charge is 0.316 e. The average molecular weight is 440 g/mol. The van der Waals surface area contributed by atoms with E-state index in [4.69, 9.17) is 0 Å². The van der Waals surface area contributed by atoms with E-state index in [1.807, 2.05) is 36.4 Å². The minimum absolute atomic E-state index is 0.134. The first-order valence-electron chi connectivity index (χ1n) is 11.7. The number of amides is 2. The third kappa shape index (κ3) is 4.41. The van der Waals surface area contributed by atoms with Crippen LogP contribution in [0.25, 0.3) is 0 Å². The van der Waals surface area contributed by atoms with E-state index in [9.17, 15) is 9.59 Å². The van der Waals surface area contributed by atoms with Gasteiger partial charge >= 0.3 is 11.8 Å². The Hall–Kier alpha value is -3.44. The summed E-state index contributed by atoms with van der Waals surface area (Å²) in [4.78, 5) is 32.1. The summed E-state index contributed by atoms with van der Waals surface area (Å²) in [6, 6.07) is 29.0. The number of benzene rings is 3. The number of anilines is 1. The molecule has 0 atom stereocenters. The van der Waals surface area contributed by atoms with Gasteiger partial charge in [0.1, 0.15) is 0 Å². The first kappa shape index (κ1) is 21.4. The van der Waals surface area contributed by atoms with Gasteiger partial charge in [0, 0.05) is 38.4 Å². The predicted octanol–water partition coefficient (Wildman–Crippen LogP) is 3.90. The molecule has 0 unspecified atom stereocenters. The van der Waals surface area contributed by atoms with Crippen LogP contribution in [0.3, 0.4) is 0 Å². The number of carbonyl (C=O) groups is 2. The highest BCUT2D eigenvalue weighted by Gasteiger charge is 2.34. The molecule has 0 aromatic heterocycles. The van der Waals surface area contributed by atoms with Crippen molar-refractivity contribution < 1.29 is 9.59 Å². The molecule has 3 aromatic rings. The summed E-state index contributed by atoms with van der Waals surface area (Å²) < 4.78 is 0. The number of aryl methyl sites for hydroxylation is 1. The molecule has 3 aromatic carbocycles. The highest BCUT2D eigenvalue weighted by atomic mass is 16.2. The Labute approximate surface area is 195 Å². The van der Waals surface area contributed by atoms with Crippen LogP contribution in [0, 0.1) is 0 Å². The topological polar surface area (TPSA) is 43.9 Å². The Bertz CT molecular complexity index is 1070. The molecule has 0 spiro atoms. The molecule has 0 saturated carbocycles. The van der Waals surface area contributed by atoms with E-state index in [-0.39, 0.29) is 11.9 Å². The fraction of sp³-hybridized carbons (Fsp3) is 0.286. The van der Waals surface area contributed by atoms with Gasteiger partial charge in [-0.1, -0.05) is 78.9 Å². The molecule has 0 bridgehead atoms. The number of hydrogen-bond donors (Lipinski definition) is 0. The third-order valence-corrected chi connectivity index (χ3v) is 6.74. The van der Waals surface area contributed by atoms with Crippen LogP contribution in [0.5, 0.6) is 0 Å². The number of nitrogens with zero attached hydrogens (tertiary/aromatic N) is 3. The van der Waals surface area contributed by atoms with E-state index in [1.54, 1.807) is 9.80 Å². The quantitative estimate of drug-likeness (QED) is 0.582. The molecule has 5 rings (SSSR count). The molecule has 2 amide bonds. The zero-order chi connectivity index (χ0) is 22.6. The highest BCUT2D eigenvalue weighted by Crippen LogP contribution is 2.30. The second-order valence-corrected chi connectivity index (χ2v) is 8.74. The zero-order valence-electron chi connectivity index (χ0n) is 18.8. The average Bonchev–Trinajstić information content (AvgIpc) is 2.89. The number of piperazine rings is 1. The van der Waals surface area contributed by atoms with Gasteiger partial charge in [-0.2, -0.15) is 0 Å². The minimum Gasteiger partial charge on any atom is -0.332 e. The summed E-state index contributed by atoms with van der Waals surface area (Å²) in [7, 11) is 0. The second kappa shape index (κ2) is 9.59. The highest BCUT2D eigenvalue weighted by molar-refractivity contribution is 6.40. The van der Waals surface area contributed by atoms with E-state index >= 15 is 0 Å². The van der Waals surface area contributed by atoms with Crippen molar-refractivity contribution in [2.24, 2.45) is 0 Å². The van der Waals surface area contributed by atoms with Crippen LogP contribution in [-0.2, 0) is 16.0 Å². The summed E-state index contributed by atoms with van der Waals surface area (Å²) in [5.41, 5.74) is 4.51. The molecule has 33 heavy (non-hydrogen) atoms. The van der Waals surface area contributed by atoms with Crippen molar-refractivity contribution in [2.45, 2.75) is 18.9 Å². The summed E-state index contributed by atoms with van der Waals surface area (Å²) in [5.74, 6) is -0.791. The predicted molar refractivity (Wildman–Crippen MR) is 130 cm³/mol. The normalized spacial score (nSPS) is 16.5. The lowest BCUT2D eigenvalue weighted by Crippen LogP contribution is -2.54. The van der Waals surface area contributed by atoms with Gasteiger partial charge in [0.2, 0.25) is 0 Å². The van der Waals surface area contributed by atoms with Gasteiger partial charge in [-0.25, -0.2) is 0 Å². The summed E-state index contributed by atoms with van der Waals surface area (Å²) >= 11 is 0. The van der Waals surface area contributed by atoms with Crippen LogP contribution >= 0.6 is 0 Å². The van der Waals surface area contributed by atoms with Crippen molar-refractivity contribution in [3.05, 3.63) is 102 Å². The molecule has 5 heteroatoms. The van der Waals surface area contributed by atoms with E-state index in [0.29, 0.717) is 19.6 Å². The molecule has 2 heterocycles. The number of rotatable bonds is 3. The Morgan fingerprint density at radius 2 is 1.21 bits per heavy atom. The van der Waals surface area contributed by atoms with E-state index in [0.717, 1.165) is 37.2 Å². The minimum atomic E-state index is -0.404. The Kier molecular flexibility index (Phi) is 6.22. The van der Waals surface area contributed by atoms with Crippen molar-refractivity contribution in [1.29, 1.82) is 0 Å². The maximum atomic E-state index is 13.1. The van der Waals surface area contributed by atoms with E-state index in [1.165, 1.54) is 11.1 Å². The lowest BCUT2D eigenvalue weighted by molar-refractivity contribution is -0.145. The van der Waals surface area contributed by atoms with E-state index in [2.05, 4.69) is 53.4 Å². The van der Waals surface area contributed by atoms with Crippen molar-refractivity contribution in [3.63, 3.8) is 0 Å². The fourth-order valence-corrected chi connectivity index (χ4v) is 5.06. The maximum Gasteiger partial charge on any atom is 0.316 e. The Morgan fingerprint density at radius 1 is 0.636 bits per heavy atom. The fourth-order valence-electron chi connectivity index (χ4n) is 5.06. The van der Waals surface area contributed by atoms with Crippen molar-refractivity contribution >= 4 is 17.5 Å². The summed E-state index contributed by atoms with van der Waals surface area (Å²) in [6.45, 7) is 3.16. The third-order valence-electron chi connectivity index (χ3n) is 6.74. The van der Waals surface area contributed by atoms with Gasteiger partial charge in [0.25, 0.3) is 0 Å². The molecule has 5 nitrogen and oxygen atoms in total. The van der Waals surface area contributed by atoms with Crippen LogP contribution in [-0.4, -0.2) is 54.3 Å². The van der Waals surface area contributed by atoms with E-state index < -0.39 is 5.91 Å². The largest absolute Gasteiger partial charge is 0.332 e. The molecular weight excluding hydrogens is 410 g/mol. The van der Waals surface area contributed by atoms with Crippen LogP contribution in [0.1, 0.15) is 29.2 Å². The zero-order valence-corrected chi connectivity index (χ0v) is 18.8. The molecule has 1 saturated heterocycles. The van der Waals surface area contributed by atoms with Gasteiger partial charge < -0.3 is 9.80 Å². The van der Waals surface area contributed by atoms with Crippen LogP contribution < -0.4 is 4.90 Å². The molecule has 1 fully saturated rings. The molecule has 0 N–H and O–H groups in total. The van der Waals surface area contributed by atoms with Gasteiger partial charge in [0.15, 0.2) is 0 Å².